The van der Waals surface area contributed by atoms with Crippen molar-refractivity contribution in [3.05, 3.63) is 59.5 Å². The quantitative estimate of drug-likeness (QED) is 0.786. The molecule has 0 fully saturated rings. The monoisotopic (exact) mass is 350 g/mol. The Morgan fingerprint density at radius 2 is 2.19 bits per heavy atom. The van der Waals surface area contributed by atoms with Gasteiger partial charge in [-0.1, -0.05) is 13.0 Å². The van der Waals surface area contributed by atoms with E-state index in [2.05, 4.69) is 14.9 Å². The lowest BCUT2D eigenvalue weighted by Crippen LogP contribution is -2.48. The largest absolute Gasteiger partial charge is 0.494 e. The predicted octanol–water partition coefficient (Wildman–Crippen LogP) is 3.65. The fourth-order valence-electron chi connectivity index (χ4n) is 4.20. The Bertz CT molecular complexity index is 956. The van der Waals surface area contributed by atoms with Crippen molar-refractivity contribution in [2.24, 2.45) is 11.3 Å². The summed E-state index contributed by atoms with van der Waals surface area (Å²) in [5.41, 5.74) is 1.88. The fourth-order valence-corrected chi connectivity index (χ4v) is 4.20. The molecule has 26 heavy (non-hydrogen) atoms. The Hall–Kier alpha value is -2.76. The topological polar surface area (TPSA) is 51.1 Å². The van der Waals surface area contributed by atoms with Crippen molar-refractivity contribution >= 4 is 5.82 Å². The van der Waals surface area contributed by atoms with E-state index in [9.17, 15) is 4.39 Å². The summed E-state index contributed by atoms with van der Waals surface area (Å²) < 4.78 is 20.9. The molecule has 4 heterocycles. The summed E-state index contributed by atoms with van der Waals surface area (Å²) in [7, 11) is 0. The van der Waals surface area contributed by atoms with Crippen molar-refractivity contribution in [3.63, 3.8) is 0 Å². The molecule has 5 nitrogen and oxygen atoms in total. The summed E-state index contributed by atoms with van der Waals surface area (Å²) >= 11 is 0. The number of hydrogen-bond donors (Lipinski definition) is 0. The minimum atomic E-state index is -0.717. The lowest BCUT2D eigenvalue weighted by atomic mass is 9.71. The third-order valence-corrected chi connectivity index (χ3v) is 5.47. The molecule has 132 valence electrons. The van der Waals surface area contributed by atoms with E-state index in [0.717, 1.165) is 28.5 Å². The Kier molecular flexibility index (Phi) is 3.20. The number of nitrogens with zero attached hydrogens (tertiary/aromatic N) is 4. The highest BCUT2D eigenvalue weighted by Crippen LogP contribution is 2.53. The van der Waals surface area contributed by atoms with E-state index in [-0.39, 0.29) is 11.7 Å². The van der Waals surface area contributed by atoms with Gasteiger partial charge in [-0.05, 0) is 31.6 Å². The maximum Gasteiger partial charge on any atom is 0.180 e. The lowest BCUT2D eigenvalue weighted by Gasteiger charge is -2.49. The van der Waals surface area contributed by atoms with Crippen LogP contribution in [0.4, 0.5) is 10.2 Å². The van der Waals surface area contributed by atoms with E-state index in [1.54, 1.807) is 12.3 Å². The van der Waals surface area contributed by atoms with E-state index < -0.39 is 5.41 Å². The molecule has 0 bridgehead atoms. The van der Waals surface area contributed by atoms with Crippen LogP contribution in [0.5, 0.6) is 0 Å². The molecule has 2 atom stereocenters. The number of aromatic nitrogens is 3. The van der Waals surface area contributed by atoms with Crippen molar-refractivity contribution in [2.45, 2.75) is 20.3 Å². The molecule has 1 aliphatic carbocycles. The van der Waals surface area contributed by atoms with Gasteiger partial charge in [-0.25, -0.2) is 14.4 Å². The molecule has 2 aliphatic heterocycles. The van der Waals surface area contributed by atoms with Crippen LogP contribution < -0.4 is 4.90 Å². The molecule has 0 saturated carbocycles. The molecular weight excluding hydrogens is 331 g/mol. The Balaban J connectivity index is 1.70. The van der Waals surface area contributed by atoms with Crippen LogP contribution in [0.25, 0.3) is 11.5 Å². The third kappa shape index (κ3) is 2.04. The number of allylic oxidation sites excluding steroid dienone is 2. The van der Waals surface area contributed by atoms with Gasteiger partial charge in [0, 0.05) is 23.9 Å². The minimum Gasteiger partial charge on any atom is -0.494 e. The normalized spacial score (nSPS) is 26.7. The van der Waals surface area contributed by atoms with Crippen LogP contribution in [0.3, 0.4) is 0 Å². The molecule has 6 heteroatoms. The van der Waals surface area contributed by atoms with E-state index in [0.29, 0.717) is 25.4 Å². The lowest BCUT2D eigenvalue weighted by molar-refractivity contribution is 0.150. The molecule has 2 aromatic heterocycles. The van der Waals surface area contributed by atoms with E-state index >= 15 is 0 Å². The van der Waals surface area contributed by atoms with Crippen molar-refractivity contribution in [2.75, 3.05) is 18.1 Å². The van der Waals surface area contributed by atoms with Crippen molar-refractivity contribution < 1.29 is 9.13 Å². The second kappa shape index (κ2) is 5.37. The first kappa shape index (κ1) is 15.5. The zero-order valence-electron chi connectivity index (χ0n) is 14.7. The molecule has 0 N–H and O–H groups in total. The van der Waals surface area contributed by atoms with Crippen molar-refractivity contribution in [1.82, 2.24) is 15.0 Å². The highest BCUT2D eigenvalue weighted by atomic mass is 19.1. The molecule has 2 unspecified atom stereocenters. The maximum atomic E-state index is 15.0. The number of halogens is 1. The van der Waals surface area contributed by atoms with Gasteiger partial charge in [0.05, 0.1) is 17.7 Å². The van der Waals surface area contributed by atoms with Gasteiger partial charge in [-0.3, -0.25) is 4.98 Å². The van der Waals surface area contributed by atoms with Gasteiger partial charge in [-0.15, -0.1) is 0 Å². The van der Waals surface area contributed by atoms with Gasteiger partial charge in [0.15, 0.2) is 5.82 Å². The first-order valence-electron chi connectivity index (χ1n) is 8.88. The summed E-state index contributed by atoms with van der Waals surface area (Å²) in [5.74, 6) is 2.12. The summed E-state index contributed by atoms with van der Waals surface area (Å²) in [6.45, 7) is 5.13. The highest BCUT2D eigenvalue weighted by Gasteiger charge is 2.49. The van der Waals surface area contributed by atoms with Crippen LogP contribution in [-0.4, -0.2) is 28.1 Å². The number of rotatable bonds is 1. The SMILES string of the molecule is CC1C=C(F)C2(C)Cc3cnc(-c4ccccn4)nc3N3CCOC1=C32. The third-order valence-electron chi connectivity index (χ3n) is 5.47. The van der Waals surface area contributed by atoms with Crippen LogP contribution in [-0.2, 0) is 11.2 Å². The first-order chi connectivity index (χ1) is 12.6. The van der Waals surface area contributed by atoms with Crippen LogP contribution in [0.15, 0.2) is 54.0 Å². The molecular formula is C20H19FN4O. The molecule has 3 aliphatic rings. The van der Waals surface area contributed by atoms with Crippen LogP contribution in [0, 0.1) is 11.3 Å². The second-order valence-electron chi connectivity index (χ2n) is 7.28. The van der Waals surface area contributed by atoms with Gasteiger partial charge in [0.1, 0.15) is 29.7 Å². The molecule has 0 amide bonds. The molecule has 0 aromatic carbocycles. The summed E-state index contributed by atoms with van der Waals surface area (Å²) in [4.78, 5) is 15.8. The van der Waals surface area contributed by atoms with Crippen LogP contribution in [0.2, 0.25) is 0 Å². The fraction of sp³-hybridized carbons (Fsp3) is 0.350. The number of anilines is 1. The summed E-state index contributed by atoms with van der Waals surface area (Å²) in [6.07, 6.45) is 5.75. The first-order valence-corrected chi connectivity index (χ1v) is 8.88. The zero-order chi connectivity index (χ0) is 17.9. The van der Waals surface area contributed by atoms with E-state index in [1.807, 2.05) is 38.2 Å². The number of fused-ring (bicyclic) bond motifs is 2. The molecule has 0 saturated heterocycles. The van der Waals surface area contributed by atoms with Gasteiger partial charge >= 0.3 is 0 Å². The average molecular weight is 350 g/mol. The van der Waals surface area contributed by atoms with E-state index in [4.69, 9.17) is 9.72 Å². The number of ether oxygens (including phenoxy) is 1. The van der Waals surface area contributed by atoms with Gasteiger partial charge in [-0.2, -0.15) is 0 Å². The van der Waals surface area contributed by atoms with E-state index in [1.165, 1.54) is 0 Å². The molecule has 0 radical (unpaired) electrons. The highest BCUT2D eigenvalue weighted by molar-refractivity contribution is 5.64. The van der Waals surface area contributed by atoms with Crippen molar-refractivity contribution in [1.29, 1.82) is 0 Å². The Labute approximate surface area is 151 Å². The predicted molar refractivity (Wildman–Crippen MR) is 95.8 cm³/mol. The van der Waals surface area contributed by atoms with Gasteiger partial charge < -0.3 is 9.64 Å². The minimum absolute atomic E-state index is 0.0699. The van der Waals surface area contributed by atoms with Crippen LogP contribution >= 0.6 is 0 Å². The molecule has 0 spiro atoms. The summed E-state index contributed by atoms with van der Waals surface area (Å²) in [6, 6.07) is 5.68. The number of pyridine rings is 1. The van der Waals surface area contributed by atoms with Crippen molar-refractivity contribution in [3.8, 4) is 11.5 Å². The molecule has 2 aromatic rings. The van der Waals surface area contributed by atoms with Gasteiger partial charge in [0.2, 0.25) is 0 Å². The number of hydrogen-bond acceptors (Lipinski definition) is 5. The van der Waals surface area contributed by atoms with Gasteiger partial charge in [0.25, 0.3) is 0 Å². The standard InChI is InChI=1S/C20H19FN4O/c1-12-9-15(21)20(2)10-13-11-23-18(14-5-3-4-6-22-14)24-19(13)25-7-8-26-16(12)17(20)25/h3-6,9,11-12H,7-8,10H2,1-2H3. The average Bonchev–Trinajstić information content (AvgIpc) is 2.67. The second-order valence-corrected chi connectivity index (χ2v) is 7.28. The summed E-state index contributed by atoms with van der Waals surface area (Å²) in [5, 5.41) is 0. The maximum absolute atomic E-state index is 15.0. The Morgan fingerprint density at radius 1 is 1.31 bits per heavy atom. The molecule has 5 rings (SSSR count). The van der Waals surface area contributed by atoms with Crippen LogP contribution in [0.1, 0.15) is 19.4 Å². The smallest absolute Gasteiger partial charge is 0.180 e. The zero-order valence-corrected chi connectivity index (χ0v) is 14.7. The Morgan fingerprint density at radius 3 is 3.00 bits per heavy atom.